The fourth-order valence-electron chi connectivity index (χ4n) is 3.40. The third kappa shape index (κ3) is 3.25. The smallest absolute Gasteiger partial charge is 0.223 e. The summed E-state index contributed by atoms with van der Waals surface area (Å²) in [6.07, 6.45) is 4.62. The van der Waals surface area contributed by atoms with Gasteiger partial charge in [-0.05, 0) is 48.3 Å². The average molecular weight is 313 g/mol. The molecular formula is C19H23NOS. The van der Waals surface area contributed by atoms with E-state index in [1.54, 1.807) is 11.3 Å². The van der Waals surface area contributed by atoms with Crippen LogP contribution in [0.5, 0.6) is 0 Å². The van der Waals surface area contributed by atoms with Crippen molar-refractivity contribution in [1.82, 2.24) is 4.90 Å². The van der Waals surface area contributed by atoms with Gasteiger partial charge in [0.05, 0.1) is 6.04 Å². The molecule has 2 aromatic rings. The molecule has 0 fully saturated rings. The number of carbonyl (C=O) groups is 1. The number of rotatable bonds is 5. The summed E-state index contributed by atoms with van der Waals surface area (Å²) in [7, 11) is 0. The molecule has 0 saturated heterocycles. The van der Waals surface area contributed by atoms with Crippen LogP contribution in [0.1, 0.15) is 48.2 Å². The summed E-state index contributed by atoms with van der Waals surface area (Å²) < 4.78 is 0. The first-order valence-corrected chi connectivity index (χ1v) is 9.07. The van der Waals surface area contributed by atoms with Crippen molar-refractivity contribution < 1.29 is 4.79 Å². The molecule has 0 saturated carbocycles. The number of carbonyl (C=O) groups excluding carboxylic acids is 1. The zero-order valence-corrected chi connectivity index (χ0v) is 13.9. The van der Waals surface area contributed by atoms with E-state index in [4.69, 9.17) is 0 Å². The van der Waals surface area contributed by atoms with E-state index in [9.17, 15) is 4.79 Å². The normalized spacial score (nSPS) is 17.3. The molecule has 22 heavy (non-hydrogen) atoms. The van der Waals surface area contributed by atoms with Gasteiger partial charge in [-0.25, -0.2) is 0 Å². The fraction of sp³-hybridized carbons (Fsp3) is 0.421. The highest BCUT2D eigenvalue weighted by molar-refractivity contribution is 7.09. The van der Waals surface area contributed by atoms with E-state index in [1.807, 2.05) is 0 Å². The number of amides is 1. The van der Waals surface area contributed by atoms with Crippen LogP contribution in [0.25, 0.3) is 0 Å². The molecule has 1 amide bonds. The summed E-state index contributed by atoms with van der Waals surface area (Å²) in [5, 5.41) is 2.10. The van der Waals surface area contributed by atoms with Gasteiger partial charge in [-0.1, -0.05) is 37.3 Å². The fourth-order valence-corrected chi connectivity index (χ4v) is 4.15. The van der Waals surface area contributed by atoms with Gasteiger partial charge in [0.2, 0.25) is 5.91 Å². The SMILES string of the molecule is CCC1c2ccccc2CCN1C(=O)CCCc1cccs1. The minimum absolute atomic E-state index is 0.263. The molecule has 0 radical (unpaired) electrons. The van der Waals surface area contributed by atoms with Crippen LogP contribution in [0.15, 0.2) is 41.8 Å². The van der Waals surface area contributed by atoms with Crippen LogP contribution < -0.4 is 0 Å². The summed E-state index contributed by atoms with van der Waals surface area (Å²) in [5.74, 6) is 0.318. The number of benzene rings is 1. The van der Waals surface area contributed by atoms with Gasteiger partial charge in [0, 0.05) is 17.8 Å². The van der Waals surface area contributed by atoms with Crippen molar-refractivity contribution in [1.29, 1.82) is 0 Å². The maximum Gasteiger partial charge on any atom is 0.223 e. The lowest BCUT2D eigenvalue weighted by Gasteiger charge is -2.37. The molecule has 0 spiro atoms. The molecule has 0 N–H and O–H groups in total. The average Bonchev–Trinajstić information content (AvgIpc) is 3.07. The first-order chi connectivity index (χ1) is 10.8. The van der Waals surface area contributed by atoms with Crippen molar-refractivity contribution in [2.45, 2.75) is 45.1 Å². The predicted molar refractivity (Wildman–Crippen MR) is 92.1 cm³/mol. The summed E-state index contributed by atoms with van der Waals surface area (Å²) >= 11 is 1.78. The molecule has 1 atom stereocenters. The molecule has 1 aromatic heterocycles. The second-order valence-corrected chi connectivity index (χ2v) is 6.93. The molecule has 3 rings (SSSR count). The molecule has 2 nitrogen and oxygen atoms in total. The van der Waals surface area contributed by atoms with Crippen molar-refractivity contribution >= 4 is 17.2 Å². The van der Waals surface area contributed by atoms with Crippen LogP contribution >= 0.6 is 11.3 Å². The van der Waals surface area contributed by atoms with Gasteiger partial charge in [0.25, 0.3) is 0 Å². The predicted octanol–water partition coefficient (Wildman–Crippen LogP) is 4.61. The van der Waals surface area contributed by atoms with Gasteiger partial charge in [0.15, 0.2) is 0 Å². The highest BCUT2D eigenvalue weighted by Gasteiger charge is 2.28. The lowest BCUT2D eigenvalue weighted by Crippen LogP contribution is -2.39. The van der Waals surface area contributed by atoms with E-state index in [2.05, 4.69) is 53.6 Å². The summed E-state index contributed by atoms with van der Waals surface area (Å²) in [5.41, 5.74) is 2.76. The Balaban J connectivity index is 1.62. The quantitative estimate of drug-likeness (QED) is 0.789. The minimum Gasteiger partial charge on any atom is -0.335 e. The Morgan fingerprint density at radius 3 is 2.91 bits per heavy atom. The maximum absolute atomic E-state index is 12.6. The van der Waals surface area contributed by atoms with E-state index < -0.39 is 0 Å². The van der Waals surface area contributed by atoms with Crippen LogP contribution in [-0.4, -0.2) is 17.4 Å². The van der Waals surface area contributed by atoms with E-state index in [1.165, 1.54) is 16.0 Å². The standard InChI is InChI=1S/C19H23NOS/c1-2-18-17-10-4-3-7-15(17)12-13-20(18)19(21)11-5-8-16-9-6-14-22-16/h3-4,6-7,9-10,14,18H,2,5,8,11-13H2,1H3. The number of thiophene rings is 1. The maximum atomic E-state index is 12.6. The summed E-state index contributed by atoms with van der Waals surface area (Å²) in [6.45, 7) is 3.05. The van der Waals surface area contributed by atoms with Crippen LogP contribution in [0, 0.1) is 0 Å². The number of fused-ring (bicyclic) bond motifs is 1. The molecule has 3 heteroatoms. The van der Waals surface area contributed by atoms with Crippen molar-refractivity contribution in [3.8, 4) is 0 Å². The second-order valence-electron chi connectivity index (χ2n) is 5.89. The van der Waals surface area contributed by atoms with Crippen molar-refractivity contribution in [3.05, 3.63) is 57.8 Å². The van der Waals surface area contributed by atoms with Crippen molar-refractivity contribution in [2.24, 2.45) is 0 Å². The summed E-state index contributed by atoms with van der Waals surface area (Å²) in [4.78, 5) is 16.1. The van der Waals surface area contributed by atoms with Gasteiger partial charge >= 0.3 is 0 Å². The third-order valence-electron chi connectivity index (χ3n) is 4.51. The minimum atomic E-state index is 0.263. The van der Waals surface area contributed by atoms with Gasteiger partial charge in [-0.3, -0.25) is 4.79 Å². The van der Waals surface area contributed by atoms with Gasteiger partial charge in [-0.15, -0.1) is 11.3 Å². The Morgan fingerprint density at radius 2 is 2.14 bits per heavy atom. The molecule has 1 unspecified atom stereocenters. The Hall–Kier alpha value is -1.61. The lowest BCUT2D eigenvalue weighted by molar-refractivity contribution is -0.134. The molecular weight excluding hydrogens is 290 g/mol. The second kappa shape index (κ2) is 7.10. The van der Waals surface area contributed by atoms with E-state index in [0.29, 0.717) is 12.3 Å². The van der Waals surface area contributed by atoms with Gasteiger partial charge in [-0.2, -0.15) is 0 Å². The van der Waals surface area contributed by atoms with Gasteiger partial charge < -0.3 is 4.90 Å². The van der Waals surface area contributed by atoms with Crippen molar-refractivity contribution in [2.75, 3.05) is 6.54 Å². The van der Waals surface area contributed by atoms with E-state index in [-0.39, 0.29) is 6.04 Å². The molecule has 0 bridgehead atoms. The molecule has 0 aliphatic carbocycles. The number of hydrogen-bond acceptors (Lipinski definition) is 2. The topological polar surface area (TPSA) is 20.3 Å². The van der Waals surface area contributed by atoms with Crippen LogP contribution in [0.4, 0.5) is 0 Å². The van der Waals surface area contributed by atoms with Crippen LogP contribution in [-0.2, 0) is 17.6 Å². The van der Waals surface area contributed by atoms with E-state index in [0.717, 1.165) is 32.2 Å². The zero-order chi connectivity index (χ0) is 15.4. The van der Waals surface area contributed by atoms with Crippen molar-refractivity contribution in [3.63, 3.8) is 0 Å². The lowest BCUT2D eigenvalue weighted by atomic mass is 9.91. The monoisotopic (exact) mass is 313 g/mol. The van der Waals surface area contributed by atoms with Crippen LogP contribution in [0.2, 0.25) is 0 Å². The highest BCUT2D eigenvalue weighted by atomic mass is 32.1. The Bertz CT molecular complexity index is 620. The molecule has 1 aromatic carbocycles. The highest BCUT2D eigenvalue weighted by Crippen LogP contribution is 2.32. The number of hydrogen-bond donors (Lipinski definition) is 0. The summed E-state index contributed by atoms with van der Waals surface area (Å²) in [6, 6.07) is 13.1. The first kappa shape index (κ1) is 15.3. The number of nitrogens with zero attached hydrogens (tertiary/aromatic N) is 1. The van der Waals surface area contributed by atoms with Crippen LogP contribution in [0.3, 0.4) is 0 Å². The third-order valence-corrected chi connectivity index (χ3v) is 5.45. The molecule has 116 valence electrons. The Kier molecular flexibility index (Phi) is 4.94. The largest absolute Gasteiger partial charge is 0.335 e. The van der Waals surface area contributed by atoms with Gasteiger partial charge in [0.1, 0.15) is 0 Å². The zero-order valence-electron chi connectivity index (χ0n) is 13.1. The van der Waals surface area contributed by atoms with E-state index >= 15 is 0 Å². The first-order valence-electron chi connectivity index (χ1n) is 8.19. The Morgan fingerprint density at radius 1 is 1.27 bits per heavy atom. The molecule has 1 aliphatic rings. The molecule has 1 aliphatic heterocycles. The Labute approximate surface area is 136 Å². The number of aryl methyl sites for hydroxylation is 1. The molecule has 2 heterocycles.